The van der Waals surface area contributed by atoms with Crippen LogP contribution >= 0.6 is 0 Å². The molecule has 1 unspecified atom stereocenters. The maximum atomic E-state index is 13.6. The van der Waals surface area contributed by atoms with E-state index in [1.807, 2.05) is 48.5 Å². The van der Waals surface area contributed by atoms with Crippen LogP contribution in [0.4, 0.5) is 8.78 Å². The molecule has 49 heavy (non-hydrogen) atoms. The molecule has 4 aromatic carbocycles. The largest absolute Gasteiger partial charge is 0.496 e. The highest BCUT2D eigenvalue weighted by atomic mass is 19.2. The summed E-state index contributed by atoms with van der Waals surface area (Å²) >= 11 is 0. The Balaban J connectivity index is 1.20. The zero-order valence-electron chi connectivity index (χ0n) is 28.2. The summed E-state index contributed by atoms with van der Waals surface area (Å²) in [5.74, 6) is -0.281. The Morgan fingerprint density at radius 1 is 0.796 bits per heavy atom. The van der Waals surface area contributed by atoms with Gasteiger partial charge in [0.05, 0.1) is 66.1 Å². The summed E-state index contributed by atoms with van der Waals surface area (Å²) in [5, 5.41) is 15.9. The van der Waals surface area contributed by atoms with Gasteiger partial charge in [0.25, 0.3) is 0 Å². The SMILES string of the molecule is COCC(O)CO[C@@H]1CNC[C@H](OCc2cc(OC)c3ccccc3c2)[C@H]1c1ccc(OCCCOCc2cc(F)c(F)cc2OC)cc1. The molecule has 1 fully saturated rings. The molecule has 264 valence electrons. The van der Waals surface area contributed by atoms with Gasteiger partial charge in [0.15, 0.2) is 11.6 Å². The average Bonchev–Trinajstić information content (AvgIpc) is 3.12. The van der Waals surface area contributed by atoms with E-state index in [0.717, 1.165) is 39.8 Å². The smallest absolute Gasteiger partial charge is 0.162 e. The molecule has 4 atom stereocenters. The number of benzene rings is 4. The van der Waals surface area contributed by atoms with Crippen molar-refractivity contribution in [3.05, 3.63) is 101 Å². The van der Waals surface area contributed by atoms with Crippen LogP contribution in [0, 0.1) is 11.6 Å². The van der Waals surface area contributed by atoms with Gasteiger partial charge < -0.3 is 43.6 Å². The minimum atomic E-state index is -0.964. The van der Waals surface area contributed by atoms with E-state index < -0.39 is 17.7 Å². The minimum absolute atomic E-state index is 0.0920. The summed E-state index contributed by atoms with van der Waals surface area (Å²) in [4.78, 5) is 0. The second-order valence-electron chi connectivity index (χ2n) is 11.9. The molecule has 1 aliphatic rings. The fourth-order valence-electron chi connectivity index (χ4n) is 6.07. The molecule has 9 nitrogen and oxygen atoms in total. The van der Waals surface area contributed by atoms with Crippen LogP contribution in [-0.4, -0.2) is 84.3 Å². The lowest BCUT2D eigenvalue weighted by Gasteiger charge is -2.39. The highest BCUT2D eigenvalue weighted by Crippen LogP contribution is 2.33. The summed E-state index contributed by atoms with van der Waals surface area (Å²) in [5.41, 5.74) is 2.47. The summed E-state index contributed by atoms with van der Waals surface area (Å²) < 4.78 is 67.4. The number of nitrogens with one attached hydrogen (secondary N) is 1. The molecule has 1 heterocycles. The van der Waals surface area contributed by atoms with Gasteiger partial charge in [0.2, 0.25) is 0 Å². The number of hydrogen-bond acceptors (Lipinski definition) is 9. The molecule has 0 spiro atoms. The number of piperidine rings is 1. The van der Waals surface area contributed by atoms with Crippen LogP contribution in [0.25, 0.3) is 10.8 Å². The van der Waals surface area contributed by atoms with Crippen LogP contribution in [-0.2, 0) is 32.2 Å². The Bertz CT molecular complexity index is 1620. The zero-order valence-corrected chi connectivity index (χ0v) is 28.2. The van der Waals surface area contributed by atoms with E-state index in [9.17, 15) is 13.9 Å². The quantitative estimate of drug-likeness (QED) is 0.127. The van der Waals surface area contributed by atoms with Gasteiger partial charge in [-0.1, -0.05) is 36.4 Å². The van der Waals surface area contributed by atoms with E-state index in [-0.39, 0.29) is 43.7 Å². The van der Waals surface area contributed by atoms with Gasteiger partial charge in [0.1, 0.15) is 23.4 Å². The minimum Gasteiger partial charge on any atom is -0.496 e. The first-order valence-corrected chi connectivity index (χ1v) is 16.4. The molecular weight excluding hydrogens is 636 g/mol. The molecule has 1 aliphatic heterocycles. The number of fused-ring (bicyclic) bond motifs is 1. The summed E-state index contributed by atoms with van der Waals surface area (Å²) in [7, 11) is 4.62. The third-order valence-electron chi connectivity index (χ3n) is 8.47. The normalized spacial score (nSPS) is 18.4. The van der Waals surface area contributed by atoms with Crippen LogP contribution in [0.15, 0.2) is 72.8 Å². The van der Waals surface area contributed by atoms with E-state index >= 15 is 0 Å². The summed E-state index contributed by atoms with van der Waals surface area (Å²) in [6, 6.07) is 22.2. The van der Waals surface area contributed by atoms with Gasteiger partial charge in [-0.05, 0) is 46.8 Å². The first-order valence-electron chi connectivity index (χ1n) is 16.4. The van der Waals surface area contributed by atoms with Crippen molar-refractivity contribution in [2.45, 2.75) is 43.9 Å². The molecule has 0 radical (unpaired) electrons. The number of ether oxygens (including phenoxy) is 7. The Morgan fingerprint density at radius 2 is 1.53 bits per heavy atom. The van der Waals surface area contributed by atoms with Crippen molar-refractivity contribution in [2.24, 2.45) is 0 Å². The maximum absolute atomic E-state index is 13.6. The molecule has 1 saturated heterocycles. The third kappa shape index (κ3) is 9.87. The Hall–Kier alpha value is -3.84. The molecule has 0 aliphatic carbocycles. The number of aliphatic hydroxyl groups excluding tert-OH is 1. The fourth-order valence-corrected chi connectivity index (χ4v) is 6.07. The first kappa shape index (κ1) is 36.4. The molecule has 0 bridgehead atoms. The van der Waals surface area contributed by atoms with Crippen LogP contribution in [0.1, 0.15) is 29.0 Å². The molecule has 0 saturated carbocycles. The van der Waals surface area contributed by atoms with Crippen LogP contribution in [0.5, 0.6) is 17.2 Å². The zero-order chi connectivity index (χ0) is 34.6. The third-order valence-corrected chi connectivity index (χ3v) is 8.47. The predicted octanol–water partition coefficient (Wildman–Crippen LogP) is 5.79. The second kappa shape index (κ2) is 18.2. The molecule has 2 N–H and O–H groups in total. The predicted molar refractivity (Wildman–Crippen MR) is 181 cm³/mol. The molecule has 0 aromatic heterocycles. The highest BCUT2D eigenvalue weighted by molar-refractivity contribution is 5.89. The van der Waals surface area contributed by atoms with E-state index in [1.165, 1.54) is 7.11 Å². The average molecular weight is 682 g/mol. The van der Waals surface area contributed by atoms with E-state index in [0.29, 0.717) is 50.6 Å². The lowest BCUT2D eigenvalue weighted by atomic mass is 9.85. The standard InChI is InChI=1S/C38H45F2NO8/c1-43-23-29(42)24-49-37-20-41-19-36(48-21-25-15-27-7-4-5-8-31(27)35(16-25)45-3)38(37)26-9-11-30(12-10-26)47-14-6-13-46-22-28-17-32(39)33(40)18-34(28)44-2/h4-5,7-12,15-18,29,36-38,41-42H,6,13-14,19-24H2,1-3H3/t29?,36-,37+,38+/m0/s1. The van der Waals surface area contributed by atoms with Crippen molar-refractivity contribution in [1.82, 2.24) is 5.32 Å². The van der Waals surface area contributed by atoms with Gasteiger partial charge in [-0.15, -0.1) is 0 Å². The molecule has 0 amide bonds. The molecular formula is C38H45F2NO8. The second-order valence-corrected chi connectivity index (χ2v) is 11.9. The lowest BCUT2D eigenvalue weighted by Crippen LogP contribution is -2.51. The highest BCUT2D eigenvalue weighted by Gasteiger charge is 2.36. The van der Waals surface area contributed by atoms with Crippen molar-refractivity contribution in [3.8, 4) is 17.2 Å². The monoisotopic (exact) mass is 681 g/mol. The van der Waals surface area contributed by atoms with Crippen molar-refractivity contribution in [1.29, 1.82) is 0 Å². The van der Waals surface area contributed by atoms with Gasteiger partial charge in [-0.3, -0.25) is 0 Å². The topological polar surface area (TPSA) is 96.9 Å². The van der Waals surface area contributed by atoms with Crippen molar-refractivity contribution < 1.29 is 47.0 Å². The fraction of sp³-hybridized carbons (Fsp3) is 0.421. The Morgan fingerprint density at radius 3 is 2.29 bits per heavy atom. The number of halogens is 2. The van der Waals surface area contributed by atoms with Crippen LogP contribution in [0.2, 0.25) is 0 Å². The Labute approximate surface area is 286 Å². The number of hydrogen-bond donors (Lipinski definition) is 2. The molecule has 5 rings (SSSR count). The Kier molecular flexibility index (Phi) is 13.6. The van der Waals surface area contributed by atoms with Crippen molar-refractivity contribution >= 4 is 10.8 Å². The summed E-state index contributed by atoms with van der Waals surface area (Å²) in [6.07, 6.45) is -0.617. The first-order chi connectivity index (χ1) is 23.9. The number of rotatable bonds is 18. The van der Waals surface area contributed by atoms with Crippen LogP contribution < -0.4 is 19.5 Å². The van der Waals surface area contributed by atoms with E-state index in [2.05, 4.69) is 17.4 Å². The number of aliphatic hydroxyl groups is 1. The lowest BCUT2D eigenvalue weighted by molar-refractivity contribution is -0.0856. The molecule has 4 aromatic rings. The van der Waals surface area contributed by atoms with Crippen LogP contribution in [0.3, 0.4) is 0 Å². The van der Waals surface area contributed by atoms with E-state index in [1.54, 1.807) is 14.2 Å². The molecule has 11 heteroatoms. The van der Waals surface area contributed by atoms with Gasteiger partial charge in [0, 0.05) is 49.6 Å². The van der Waals surface area contributed by atoms with Crippen molar-refractivity contribution in [2.75, 3.05) is 60.8 Å². The van der Waals surface area contributed by atoms with Gasteiger partial charge >= 0.3 is 0 Å². The van der Waals surface area contributed by atoms with Gasteiger partial charge in [-0.2, -0.15) is 0 Å². The number of methoxy groups -OCH3 is 3. The van der Waals surface area contributed by atoms with Gasteiger partial charge in [-0.25, -0.2) is 8.78 Å². The van der Waals surface area contributed by atoms with E-state index in [4.69, 9.17) is 33.2 Å². The maximum Gasteiger partial charge on any atom is 0.162 e. The van der Waals surface area contributed by atoms with Crippen molar-refractivity contribution in [3.63, 3.8) is 0 Å². The summed E-state index contributed by atoms with van der Waals surface area (Å²) in [6.45, 7) is 2.80.